The van der Waals surface area contributed by atoms with Crippen molar-refractivity contribution in [2.45, 2.75) is 64.8 Å². The first-order valence-corrected chi connectivity index (χ1v) is 13.2. The number of para-hydroxylation sites is 1. The Hall–Kier alpha value is -2.63. The molecular formula is C30H37FN4. The predicted molar refractivity (Wildman–Crippen MR) is 143 cm³/mol. The van der Waals surface area contributed by atoms with Crippen molar-refractivity contribution >= 4 is 21.8 Å². The van der Waals surface area contributed by atoms with Crippen LogP contribution in [-0.4, -0.2) is 51.1 Å². The number of hydrogen-bond acceptors (Lipinski definition) is 2. The second-order valence-electron chi connectivity index (χ2n) is 11.5. The van der Waals surface area contributed by atoms with Crippen molar-refractivity contribution in [1.82, 2.24) is 19.8 Å². The SMILES string of the molecule is CCC1CN(Cc2cc3cc([C@@H]4c5[nH]c6ccccc6c5C[C@@H](C)N4CC(C)(C)F)ccc3[nH]2)C1. The second-order valence-corrected chi connectivity index (χ2v) is 11.5. The Labute approximate surface area is 207 Å². The van der Waals surface area contributed by atoms with Crippen molar-refractivity contribution < 1.29 is 4.39 Å². The highest BCUT2D eigenvalue weighted by molar-refractivity contribution is 5.86. The van der Waals surface area contributed by atoms with Gasteiger partial charge in [0.2, 0.25) is 0 Å². The molecule has 0 aliphatic carbocycles. The molecule has 5 heteroatoms. The van der Waals surface area contributed by atoms with E-state index >= 15 is 4.39 Å². The smallest absolute Gasteiger partial charge is 0.118 e. The molecule has 2 aromatic heterocycles. The molecule has 2 aliphatic heterocycles. The number of nitrogens with one attached hydrogen (secondary N) is 2. The van der Waals surface area contributed by atoms with E-state index in [1.807, 2.05) is 0 Å². The molecule has 2 aliphatic rings. The number of fused-ring (bicyclic) bond motifs is 4. The maximum atomic E-state index is 15.0. The van der Waals surface area contributed by atoms with Crippen LogP contribution >= 0.6 is 0 Å². The van der Waals surface area contributed by atoms with E-state index in [9.17, 15) is 0 Å². The molecule has 6 rings (SSSR count). The average Bonchev–Trinajstić information content (AvgIpc) is 3.35. The van der Waals surface area contributed by atoms with Gasteiger partial charge < -0.3 is 9.97 Å². The van der Waals surface area contributed by atoms with E-state index in [2.05, 4.69) is 82.1 Å². The number of aromatic nitrogens is 2. The largest absolute Gasteiger partial charge is 0.357 e. The van der Waals surface area contributed by atoms with Gasteiger partial charge in [0.15, 0.2) is 0 Å². The zero-order chi connectivity index (χ0) is 24.3. The van der Waals surface area contributed by atoms with Gasteiger partial charge in [0.25, 0.3) is 0 Å². The first-order valence-electron chi connectivity index (χ1n) is 13.2. The van der Waals surface area contributed by atoms with E-state index < -0.39 is 5.67 Å². The Kier molecular flexibility index (Phi) is 5.53. The van der Waals surface area contributed by atoms with Crippen LogP contribution in [0, 0.1) is 5.92 Å². The van der Waals surface area contributed by atoms with E-state index in [4.69, 9.17) is 0 Å². The molecule has 4 aromatic rings. The number of alkyl halides is 1. The molecule has 2 atom stereocenters. The van der Waals surface area contributed by atoms with Crippen LogP contribution in [0.2, 0.25) is 0 Å². The maximum absolute atomic E-state index is 15.0. The fourth-order valence-electron chi connectivity index (χ4n) is 6.32. The topological polar surface area (TPSA) is 38.1 Å². The van der Waals surface area contributed by atoms with Gasteiger partial charge in [0.1, 0.15) is 5.67 Å². The monoisotopic (exact) mass is 472 g/mol. The molecule has 184 valence electrons. The Morgan fingerprint density at radius 1 is 1.03 bits per heavy atom. The van der Waals surface area contributed by atoms with Crippen molar-refractivity contribution in [1.29, 1.82) is 0 Å². The number of H-pyrrole nitrogens is 2. The Morgan fingerprint density at radius 3 is 2.60 bits per heavy atom. The molecule has 0 amide bonds. The number of nitrogens with zero attached hydrogens (tertiary/aromatic N) is 2. The highest BCUT2D eigenvalue weighted by Gasteiger charge is 2.38. The minimum absolute atomic E-state index is 0.000352. The van der Waals surface area contributed by atoms with E-state index in [1.54, 1.807) is 13.8 Å². The van der Waals surface area contributed by atoms with E-state index in [0.29, 0.717) is 6.54 Å². The fourth-order valence-corrected chi connectivity index (χ4v) is 6.32. The Balaban J connectivity index is 1.39. The van der Waals surface area contributed by atoms with Gasteiger partial charge in [-0.25, -0.2) is 4.39 Å². The van der Waals surface area contributed by atoms with Gasteiger partial charge in [-0.2, -0.15) is 0 Å². The third-order valence-electron chi connectivity index (χ3n) is 8.10. The molecule has 0 saturated carbocycles. The van der Waals surface area contributed by atoms with Gasteiger partial charge in [0.05, 0.1) is 6.04 Å². The van der Waals surface area contributed by atoms with Crippen LogP contribution in [-0.2, 0) is 13.0 Å². The zero-order valence-electron chi connectivity index (χ0n) is 21.4. The van der Waals surface area contributed by atoms with Gasteiger partial charge in [-0.05, 0) is 68.5 Å². The van der Waals surface area contributed by atoms with Crippen LogP contribution in [0.15, 0.2) is 48.5 Å². The van der Waals surface area contributed by atoms with Crippen LogP contribution in [0.25, 0.3) is 21.8 Å². The summed E-state index contributed by atoms with van der Waals surface area (Å²) in [4.78, 5) is 12.2. The van der Waals surface area contributed by atoms with Crippen LogP contribution in [0.1, 0.15) is 62.7 Å². The molecule has 35 heavy (non-hydrogen) atoms. The molecule has 0 unspecified atom stereocenters. The summed E-state index contributed by atoms with van der Waals surface area (Å²) in [6.45, 7) is 11.7. The molecule has 0 radical (unpaired) electrons. The third-order valence-corrected chi connectivity index (χ3v) is 8.10. The molecule has 2 N–H and O–H groups in total. The fraction of sp³-hybridized carbons (Fsp3) is 0.467. The standard InChI is InChI=1S/C30H37FN4/c1-5-20-15-34(16-20)17-23-14-22-13-21(10-11-26(22)32-23)29-28-25(24-8-6-7-9-27(24)33-28)12-19(2)35(29)18-30(3,4)31/h6-11,13-14,19-20,29,32-33H,5,12,15-18H2,1-4H3/t19-,29-/m1/s1. The lowest BCUT2D eigenvalue weighted by Crippen LogP contribution is -2.47. The van der Waals surface area contributed by atoms with Crippen molar-refractivity contribution in [3.63, 3.8) is 0 Å². The van der Waals surface area contributed by atoms with Gasteiger partial charge >= 0.3 is 0 Å². The van der Waals surface area contributed by atoms with Crippen LogP contribution in [0.5, 0.6) is 0 Å². The number of rotatable bonds is 6. The number of halogens is 1. The van der Waals surface area contributed by atoms with Crippen molar-refractivity contribution in [3.05, 3.63) is 71.0 Å². The van der Waals surface area contributed by atoms with Gasteiger partial charge in [-0.1, -0.05) is 37.6 Å². The van der Waals surface area contributed by atoms with Gasteiger partial charge in [-0.15, -0.1) is 0 Å². The van der Waals surface area contributed by atoms with E-state index in [-0.39, 0.29) is 12.1 Å². The van der Waals surface area contributed by atoms with Crippen LogP contribution < -0.4 is 0 Å². The molecule has 2 aromatic carbocycles. The van der Waals surface area contributed by atoms with E-state index in [1.165, 1.54) is 63.8 Å². The summed E-state index contributed by atoms with van der Waals surface area (Å²) in [5.41, 5.74) is 6.17. The normalized spacial score (nSPS) is 22.1. The highest BCUT2D eigenvalue weighted by atomic mass is 19.1. The Bertz CT molecular complexity index is 1350. The summed E-state index contributed by atoms with van der Waals surface area (Å²) in [5, 5.41) is 2.53. The summed E-state index contributed by atoms with van der Waals surface area (Å²) < 4.78 is 15.0. The highest BCUT2D eigenvalue weighted by Crippen LogP contribution is 2.42. The lowest BCUT2D eigenvalue weighted by Gasteiger charge is -2.43. The van der Waals surface area contributed by atoms with Gasteiger partial charge in [-0.3, -0.25) is 9.80 Å². The predicted octanol–water partition coefficient (Wildman–Crippen LogP) is 6.58. The molecule has 1 fully saturated rings. The van der Waals surface area contributed by atoms with Crippen molar-refractivity contribution in [2.24, 2.45) is 5.92 Å². The first kappa shape index (κ1) is 22.8. The maximum Gasteiger partial charge on any atom is 0.118 e. The molecular weight excluding hydrogens is 435 g/mol. The number of benzene rings is 2. The summed E-state index contributed by atoms with van der Waals surface area (Å²) in [7, 11) is 0. The summed E-state index contributed by atoms with van der Waals surface area (Å²) in [6, 6.07) is 17.9. The minimum atomic E-state index is -1.27. The molecule has 0 bridgehead atoms. The number of hydrogen-bond donors (Lipinski definition) is 2. The van der Waals surface area contributed by atoms with Crippen LogP contribution in [0.3, 0.4) is 0 Å². The van der Waals surface area contributed by atoms with Gasteiger partial charge in [0, 0.05) is 65.4 Å². The summed E-state index contributed by atoms with van der Waals surface area (Å²) in [6.07, 6.45) is 2.20. The number of likely N-dealkylation sites (tertiary alicyclic amines) is 1. The van der Waals surface area contributed by atoms with Crippen molar-refractivity contribution in [3.8, 4) is 0 Å². The van der Waals surface area contributed by atoms with Crippen LogP contribution in [0.4, 0.5) is 4.39 Å². The van der Waals surface area contributed by atoms with E-state index in [0.717, 1.165) is 18.9 Å². The molecule has 4 nitrogen and oxygen atoms in total. The second kappa shape index (κ2) is 8.49. The molecule has 4 heterocycles. The summed E-state index contributed by atoms with van der Waals surface area (Å²) in [5.74, 6) is 0.857. The lowest BCUT2D eigenvalue weighted by atomic mass is 9.87. The zero-order valence-corrected chi connectivity index (χ0v) is 21.4. The van der Waals surface area contributed by atoms with Crippen molar-refractivity contribution in [2.75, 3.05) is 19.6 Å². The first-order chi connectivity index (χ1) is 16.8. The average molecular weight is 473 g/mol. The number of aromatic amines is 2. The molecule has 0 spiro atoms. The third kappa shape index (κ3) is 4.19. The quantitative estimate of drug-likeness (QED) is 0.333. The summed E-state index contributed by atoms with van der Waals surface area (Å²) >= 11 is 0. The Morgan fingerprint density at radius 2 is 1.83 bits per heavy atom. The molecule has 1 saturated heterocycles. The minimum Gasteiger partial charge on any atom is -0.357 e. The lowest BCUT2D eigenvalue weighted by molar-refractivity contribution is 0.0668.